The average molecular weight is 508 g/mol. The number of Topliss-reactive ketones (excluding diaryl/α,β-unsaturated/α-hetero) is 1. The van der Waals surface area contributed by atoms with Crippen LogP contribution < -0.4 is 15.8 Å². The largest absolute Gasteiger partial charge is 0.494 e. The number of nitrogens with two attached hydrogens (primary N) is 1. The Morgan fingerprint density at radius 2 is 1.66 bits per heavy atom. The molecule has 0 radical (unpaired) electrons. The SMILES string of the molecule is COc1cnc(N/C=C\N)c2[nH]cc(C(=O)C(=O)N3CCC(=C(c4ccccc4)c4ccccc4)CC3)c12. The predicted molar refractivity (Wildman–Crippen MR) is 149 cm³/mol. The summed E-state index contributed by atoms with van der Waals surface area (Å²) in [6, 6.07) is 20.6. The van der Waals surface area contributed by atoms with Gasteiger partial charge < -0.3 is 25.7 Å². The Hall–Kier alpha value is -4.85. The molecule has 38 heavy (non-hydrogen) atoms. The fraction of sp³-hybridized carbons (Fsp3) is 0.167. The first-order chi connectivity index (χ1) is 18.6. The van der Waals surface area contributed by atoms with Crippen LogP contribution in [0.5, 0.6) is 5.75 Å². The van der Waals surface area contributed by atoms with E-state index in [1.165, 1.54) is 43.0 Å². The maximum Gasteiger partial charge on any atom is 0.295 e. The van der Waals surface area contributed by atoms with E-state index in [9.17, 15) is 9.59 Å². The number of H-pyrrole nitrogens is 1. The highest BCUT2D eigenvalue weighted by Crippen LogP contribution is 2.34. The first-order valence-electron chi connectivity index (χ1n) is 12.5. The van der Waals surface area contributed by atoms with Gasteiger partial charge in [-0.1, -0.05) is 66.2 Å². The Labute approximate surface area is 220 Å². The lowest BCUT2D eigenvalue weighted by Crippen LogP contribution is -2.40. The number of aromatic nitrogens is 2. The molecule has 0 unspecified atom stereocenters. The smallest absolute Gasteiger partial charge is 0.295 e. The normalized spacial score (nSPS) is 13.6. The van der Waals surface area contributed by atoms with Gasteiger partial charge in [0.15, 0.2) is 5.82 Å². The highest BCUT2D eigenvalue weighted by Gasteiger charge is 2.30. The zero-order valence-electron chi connectivity index (χ0n) is 21.1. The van der Waals surface area contributed by atoms with Crippen LogP contribution in [-0.2, 0) is 4.79 Å². The van der Waals surface area contributed by atoms with E-state index in [0.717, 1.165) is 11.1 Å². The molecule has 8 nitrogen and oxygen atoms in total. The number of nitrogens with one attached hydrogen (secondary N) is 2. The Kier molecular flexibility index (Phi) is 7.21. The van der Waals surface area contributed by atoms with Crippen LogP contribution in [0.1, 0.15) is 34.3 Å². The molecule has 0 saturated carbocycles. The van der Waals surface area contributed by atoms with Crippen molar-refractivity contribution >= 4 is 34.0 Å². The van der Waals surface area contributed by atoms with Crippen LogP contribution in [-0.4, -0.2) is 46.8 Å². The van der Waals surface area contributed by atoms with Gasteiger partial charge in [-0.25, -0.2) is 4.98 Å². The van der Waals surface area contributed by atoms with E-state index in [2.05, 4.69) is 39.6 Å². The number of piperidine rings is 1. The van der Waals surface area contributed by atoms with Crippen molar-refractivity contribution in [3.05, 3.63) is 108 Å². The first kappa shape index (κ1) is 24.8. The number of likely N-dealkylation sites (tertiary alicyclic amines) is 1. The second-order valence-electron chi connectivity index (χ2n) is 8.96. The molecule has 0 atom stereocenters. The van der Waals surface area contributed by atoms with Crippen LogP contribution in [0.3, 0.4) is 0 Å². The average Bonchev–Trinajstić information content (AvgIpc) is 3.42. The molecule has 4 aromatic rings. The van der Waals surface area contributed by atoms with Crippen molar-refractivity contribution < 1.29 is 14.3 Å². The summed E-state index contributed by atoms with van der Waals surface area (Å²) >= 11 is 0. The third kappa shape index (κ3) is 4.76. The van der Waals surface area contributed by atoms with Crippen LogP contribution >= 0.6 is 0 Å². The van der Waals surface area contributed by atoms with Gasteiger partial charge in [0.2, 0.25) is 0 Å². The number of carbonyl (C=O) groups is 2. The number of amides is 1. The molecular formula is C30H29N5O3. The fourth-order valence-electron chi connectivity index (χ4n) is 4.96. The monoisotopic (exact) mass is 507 g/mol. The summed E-state index contributed by atoms with van der Waals surface area (Å²) in [5.41, 5.74) is 11.0. The molecule has 1 aliphatic heterocycles. The second kappa shape index (κ2) is 11.0. The minimum Gasteiger partial charge on any atom is -0.494 e. The summed E-state index contributed by atoms with van der Waals surface area (Å²) in [4.78, 5) is 35.8. The number of fused-ring (bicyclic) bond motifs is 1. The summed E-state index contributed by atoms with van der Waals surface area (Å²) in [5.74, 6) is -0.240. The third-order valence-corrected chi connectivity index (χ3v) is 6.78. The Balaban J connectivity index is 1.40. The van der Waals surface area contributed by atoms with Crippen LogP contribution in [0, 0.1) is 0 Å². The molecule has 5 rings (SSSR count). The van der Waals surface area contributed by atoms with Crippen molar-refractivity contribution in [2.24, 2.45) is 5.73 Å². The topological polar surface area (TPSA) is 113 Å². The van der Waals surface area contributed by atoms with Crippen molar-refractivity contribution in [2.75, 3.05) is 25.5 Å². The van der Waals surface area contributed by atoms with E-state index < -0.39 is 11.7 Å². The number of benzene rings is 2. The number of aromatic amines is 1. The lowest BCUT2D eigenvalue weighted by atomic mass is 9.88. The number of ether oxygens (including phenoxy) is 1. The lowest BCUT2D eigenvalue weighted by Gasteiger charge is -2.30. The highest BCUT2D eigenvalue weighted by atomic mass is 16.5. The van der Waals surface area contributed by atoms with Gasteiger partial charge in [0.05, 0.1) is 29.8 Å². The molecule has 3 heterocycles. The van der Waals surface area contributed by atoms with Gasteiger partial charge >= 0.3 is 0 Å². The Morgan fingerprint density at radius 3 is 2.24 bits per heavy atom. The number of methoxy groups -OCH3 is 1. The van der Waals surface area contributed by atoms with Crippen molar-refractivity contribution in [3.63, 3.8) is 0 Å². The van der Waals surface area contributed by atoms with Crippen LogP contribution in [0.25, 0.3) is 16.5 Å². The van der Waals surface area contributed by atoms with Gasteiger partial charge in [-0.15, -0.1) is 0 Å². The third-order valence-electron chi connectivity index (χ3n) is 6.78. The molecule has 4 N–H and O–H groups in total. The number of rotatable bonds is 7. The van der Waals surface area contributed by atoms with Crippen molar-refractivity contribution in [2.45, 2.75) is 12.8 Å². The van der Waals surface area contributed by atoms with Gasteiger partial charge in [0.1, 0.15) is 5.75 Å². The molecule has 1 fully saturated rings. The number of anilines is 1. The molecule has 0 aliphatic carbocycles. The minimum atomic E-state index is -0.583. The summed E-state index contributed by atoms with van der Waals surface area (Å²) in [7, 11) is 1.50. The van der Waals surface area contributed by atoms with E-state index in [1.54, 1.807) is 4.90 Å². The van der Waals surface area contributed by atoms with Crippen molar-refractivity contribution in [1.82, 2.24) is 14.9 Å². The molecular weight excluding hydrogens is 478 g/mol. The van der Waals surface area contributed by atoms with E-state index in [0.29, 0.717) is 48.4 Å². The maximum absolute atomic E-state index is 13.4. The highest BCUT2D eigenvalue weighted by molar-refractivity contribution is 6.45. The zero-order chi connectivity index (χ0) is 26.5. The summed E-state index contributed by atoms with van der Waals surface area (Å²) in [6.45, 7) is 0.941. The molecule has 0 spiro atoms. The lowest BCUT2D eigenvalue weighted by molar-refractivity contribution is -0.126. The van der Waals surface area contributed by atoms with Gasteiger partial charge in [0.25, 0.3) is 11.7 Å². The minimum absolute atomic E-state index is 0.250. The second-order valence-corrected chi connectivity index (χ2v) is 8.96. The number of nitrogens with zero attached hydrogens (tertiary/aromatic N) is 2. The molecule has 2 aromatic carbocycles. The molecule has 0 bridgehead atoms. The van der Waals surface area contributed by atoms with E-state index >= 15 is 0 Å². The summed E-state index contributed by atoms with van der Waals surface area (Å²) in [5, 5.41) is 3.46. The maximum atomic E-state index is 13.4. The number of pyridine rings is 1. The van der Waals surface area contributed by atoms with Gasteiger partial charge in [-0.2, -0.15) is 0 Å². The molecule has 8 heteroatoms. The van der Waals surface area contributed by atoms with Crippen molar-refractivity contribution in [3.8, 4) is 5.75 Å². The quantitative estimate of drug-likeness (QED) is 0.246. The van der Waals surface area contributed by atoms with E-state index in [1.807, 2.05) is 36.4 Å². The summed E-state index contributed by atoms with van der Waals surface area (Å²) < 4.78 is 5.45. The first-order valence-corrected chi connectivity index (χ1v) is 12.5. The Morgan fingerprint density at radius 1 is 1.03 bits per heavy atom. The molecule has 2 aromatic heterocycles. The van der Waals surface area contributed by atoms with Crippen molar-refractivity contribution in [1.29, 1.82) is 0 Å². The van der Waals surface area contributed by atoms with Gasteiger partial charge in [-0.3, -0.25) is 9.59 Å². The predicted octanol–water partition coefficient (Wildman–Crippen LogP) is 4.72. The Bertz CT molecular complexity index is 1470. The fourth-order valence-corrected chi connectivity index (χ4v) is 4.96. The van der Waals surface area contributed by atoms with Gasteiger partial charge in [0, 0.05) is 31.7 Å². The number of hydrogen-bond acceptors (Lipinski definition) is 6. The number of carbonyl (C=O) groups excluding carboxylic acids is 2. The van der Waals surface area contributed by atoms with E-state index in [4.69, 9.17) is 10.5 Å². The van der Waals surface area contributed by atoms with Gasteiger partial charge in [-0.05, 0) is 29.5 Å². The molecule has 1 amide bonds. The van der Waals surface area contributed by atoms with Crippen LogP contribution in [0.4, 0.5) is 5.82 Å². The number of ketones is 1. The van der Waals surface area contributed by atoms with Crippen LogP contribution in [0.2, 0.25) is 0 Å². The molecule has 1 saturated heterocycles. The van der Waals surface area contributed by atoms with Crippen LogP contribution in [0.15, 0.2) is 91.0 Å². The number of hydrogen-bond donors (Lipinski definition) is 3. The molecule has 192 valence electrons. The van der Waals surface area contributed by atoms with E-state index in [-0.39, 0.29) is 5.56 Å². The zero-order valence-corrected chi connectivity index (χ0v) is 21.1. The summed E-state index contributed by atoms with van der Waals surface area (Å²) in [6.07, 6.45) is 7.30. The standard InChI is InChI=1S/C30H29N5O3/c1-38-24-19-34-29(32-15-14-31)27-26(24)23(18-33-27)28(36)30(37)35-16-12-22(13-17-35)25(20-8-4-2-5-9-20)21-10-6-3-7-11-21/h2-11,14-15,18-19,33H,12-13,16-17,31H2,1H3,(H,32,34)/b15-14-. The molecule has 1 aliphatic rings.